The summed E-state index contributed by atoms with van der Waals surface area (Å²) in [5.74, 6) is 0.0663. The Labute approximate surface area is 151 Å². The van der Waals surface area contributed by atoms with Crippen molar-refractivity contribution < 1.29 is 4.79 Å². The van der Waals surface area contributed by atoms with Gasteiger partial charge in [-0.05, 0) is 49.2 Å². The van der Waals surface area contributed by atoms with Crippen molar-refractivity contribution in [2.75, 3.05) is 18.0 Å². The second-order valence-electron chi connectivity index (χ2n) is 5.62. The van der Waals surface area contributed by atoms with Crippen LogP contribution in [0.25, 0.3) is 0 Å². The molecule has 0 saturated heterocycles. The smallest absolute Gasteiger partial charge is 0.245 e. The summed E-state index contributed by atoms with van der Waals surface area (Å²) in [7, 11) is 0. The molecule has 1 amide bonds. The maximum atomic E-state index is 12.7. The number of carbonyl (C=O) groups excluding carboxylic acids is 1. The minimum Gasteiger partial charge on any atom is -0.308 e. The predicted octanol–water partition coefficient (Wildman–Crippen LogP) is 4.73. The molecule has 0 aliphatic carbocycles. The molecule has 0 unspecified atom stereocenters. The highest BCUT2D eigenvalue weighted by atomic mass is 35.5. The van der Waals surface area contributed by atoms with Gasteiger partial charge in [0.15, 0.2) is 0 Å². The lowest BCUT2D eigenvalue weighted by Gasteiger charge is -2.23. The summed E-state index contributed by atoms with van der Waals surface area (Å²) in [6.45, 7) is 5.51. The van der Waals surface area contributed by atoms with Gasteiger partial charge < -0.3 is 5.32 Å². The molecule has 0 aromatic heterocycles. The molecule has 3 nitrogen and oxygen atoms in total. The van der Waals surface area contributed by atoms with Crippen molar-refractivity contribution in [2.24, 2.45) is 0 Å². The molecular weight excluding hydrogens is 320 g/mol. The Hall–Kier alpha value is -1.84. The molecule has 0 bridgehead atoms. The fourth-order valence-electron chi connectivity index (χ4n) is 2.47. The lowest BCUT2D eigenvalue weighted by Crippen LogP contribution is -2.35. The summed E-state index contributed by atoms with van der Waals surface area (Å²) in [4.78, 5) is 14.5. The maximum Gasteiger partial charge on any atom is 0.245 e. The van der Waals surface area contributed by atoms with Gasteiger partial charge in [-0.3, -0.25) is 9.69 Å². The van der Waals surface area contributed by atoms with Crippen molar-refractivity contribution in [3.05, 3.63) is 60.2 Å². The van der Waals surface area contributed by atoms with Crippen molar-refractivity contribution in [1.29, 1.82) is 0 Å². The zero-order valence-corrected chi connectivity index (χ0v) is 15.3. The van der Waals surface area contributed by atoms with Crippen molar-refractivity contribution >= 4 is 29.7 Å². The third kappa shape index (κ3) is 5.66. The topological polar surface area (TPSA) is 32.3 Å². The van der Waals surface area contributed by atoms with E-state index in [1.54, 1.807) is 4.90 Å². The first kappa shape index (κ1) is 20.2. The van der Waals surface area contributed by atoms with Gasteiger partial charge in [-0.2, -0.15) is 0 Å². The number of nitrogens with one attached hydrogen (secondary N) is 1. The number of carbonyl (C=O) groups is 1. The molecule has 130 valence electrons. The molecular formula is C20H27ClN2O. The van der Waals surface area contributed by atoms with Crippen LogP contribution in [0.2, 0.25) is 0 Å². The third-order valence-electron chi connectivity index (χ3n) is 3.85. The standard InChI is InChI=1S/C20H26N2O.ClH/c1-3-5-15-21-16-20(23)22(18-9-7-6-8-10-18)19-13-11-17(4-2)12-14-19;/h6-14,21H,3-5,15-16H2,1-2H3;1H. The van der Waals surface area contributed by atoms with E-state index in [9.17, 15) is 4.79 Å². The SMILES string of the molecule is CCCCNCC(=O)N(c1ccccc1)c1ccc(CC)cc1.Cl. The number of hydrogen-bond acceptors (Lipinski definition) is 2. The quantitative estimate of drug-likeness (QED) is 0.701. The largest absolute Gasteiger partial charge is 0.308 e. The monoisotopic (exact) mass is 346 g/mol. The van der Waals surface area contributed by atoms with Crippen molar-refractivity contribution in [3.63, 3.8) is 0 Å². The highest BCUT2D eigenvalue weighted by Crippen LogP contribution is 2.25. The van der Waals surface area contributed by atoms with Crippen LogP contribution in [0.4, 0.5) is 11.4 Å². The lowest BCUT2D eigenvalue weighted by atomic mass is 10.1. The van der Waals surface area contributed by atoms with E-state index < -0.39 is 0 Å². The minimum absolute atomic E-state index is 0. The number of amides is 1. The molecule has 0 aliphatic heterocycles. The summed E-state index contributed by atoms with van der Waals surface area (Å²) in [5, 5.41) is 3.24. The highest BCUT2D eigenvalue weighted by molar-refractivity contribution is 6.01. The van der Waals surface area contributed by atoms with E-state index in [4.69, 9.17) is 0 Å². The third-order valence-corrected chi connectivity index (χ3v) is 3.85. The van der Waals surface area contributed by atoms with Gasteiger partial charge in [-0.15, -0.1) is 12.4 Å². The molecule has 0 heterocycles. The van der Waals surface area contributed by atoms with Gasteiger partial charge in [-0.1, -0.05) is 50.6 Å². The first-order valence-electron chi connectivity index (χ1n) is 8.44. The summed E-state index contributed by atoms with van der Waals surface area (Å²) in [6.07, 6.45) is 3.21. The maximum absolute atomic E-state index is 12.7. The Bertz CT molecular complexity index is 599. The zero-order chi connectivity index (χ0) is 16.5. The van der Waals surface area contributed by atoms with E-state index in [0.29, 0.717) is 6.54 Å². The van der Waals surface area contributed by atoms with Gasteiger partial charge >= 0.3 is 0 Å². The molecule has 4 heteroatoms. The molecule has 0 spiro atoms. The molecule has 24 heavy (non-hydrogen) atoms. The van der Waals surface area contributed by atoms with E-state index in [2.05, 4.69) is 31.3 Å². The van der Waals surface area contributed by atoms with E-state index >= 15 is 0 Å². The van der Waals surface area contributed by atoms with E-state index in [1.807, 2.05) is 42.5 Å². The van der Waals surface area contributed by atoms with Gasteiger partial charge in [0.2, 0.25) is 5.91 Å². The number of para-hydroxylation sites is 1. The number of benzene rings is 2. The number of nitrogens with zero attached hydrogens (tertiary/aromatic N) is 1. The average molecular weight is 347 g/mol. The van der Waals surface area contributed by atoms with Crippen LogP contribution in [0.5, 0.6) is 0 Å². The summed E-state index contributed by atoms with van der Waals surface area (Å²) in [5.41, 5.74) is 3.09. The van der Waals surface area contributed by atoms with Crippen LogP contribution in [-0.4, -0.2) is 19.0 Å². The Kier molecular flexibility index (Phi) is 9.13. The minimum atomic E-state index is 0. The van der Waals surface area contributed by atoms with Gasteiger partial charge in [-0.25, -0.2) is 0 Å². The first-order chi connectivity index (χ1) is 11.3. The van der Waals surface area contributed by atoms with E-state index in [1.165, 1.54) is 5.56 Å². The predicted molar refractivity (Wildman–Crippen MR) is 104 cm³/mol. The van der Waals surface area contributed by atoms with Crippen molar-refractivity contribution in [2.45, 2.75) is 33.1 Å². The van der Waals surface area contributed by atoms with E-state index in [0.717, 1.165) is 37.2 Å². The van der Waals surface area contributed by atoms with Gasteiger partial charge in [0.1, 0.15) is 0 Å². The van der Waals surface area contributed by atoms with E-state index in [-0.39, 0.29) is 18.3 Å². The van der Waals surface area contributed by atoms with Crippen molar-refractivity contribution in [3.8, 4) is 0 Å². The first-order valence-corrected chi connectivity index (χ1v) is 8.44. The molecule has 1 N–H and O–H groups in total. The number of unbranched alkanes of at least 4 members (excludes halogenated alkanes) is 1. The van der Waals surface area contributed by atoms with Crippen LogP contribution >= 0.6 is 12.4 Å². The second kappa shape index (κ2) is 10.8. The number of halogens is 1. The highest BCUT2D eigenvalue weighted by Gasteiger charge is 2.17. The molecule has 0 atom stereocenters. The molecule has 0 saturated carbocycles. The fraction of sp³-hybridized carbons (Fsp3) is 0.350. The Morgan fingerprint density at radius 2 is 1.58 bits per heavy atom. The van der Waals surface area contributed by atoms with Gasteiger partial charge in [0.25, 0.3) is 0 Å². The van der Waals surface area contributed by atoms with Crippen LogP contribution in [0, 0.1) is 0 Å². The van der Waals surface area contributed by atoms with Crippen LogP contribution < -0.4 is 10.2 Å². The molecule has 0 fully saturated rings. The van der Waals surface area contributed by atoms with Gasteiger partial charge in [0, 0.05) is 11.4 Å². The second-order valence-corrected chi connectivity index (χ2v) is 5.62. The fourth-order valence-corrected chi connectivity index (χ4v) is 2.47. The van der Waals surface area contributed by atoms with Crippen LogP contribution in [0.15, 0.2) is 54.6 Å². The van der Waals surface area contributed by atoms with Crippen LogP contribution in [0.3, 0.4) is 0 Å². The number of rotatable bonds is 8. The number of anilines is 2. The normalized spacial score (nSPS) is 10.1. The average Bonchev–Trinajstić information content (AvgIpc) is 2.60. The van der Waals surface area contributed by atoms with Crippen LogP contribution in [0.1, 0.15) is 32.3 Å². The molecule has 0 radical (unpaired) electrons. The lowest BCUT2D eigenvalue weighted by molar-refractivity contribution is -0.117. The molecule has 0 aliphatic rings. The Morgan fingerprint density at radius 3 is 2.17 bits per heavy atom. The van der Waals surface area contributed by atoms with Crippen molar-refractivity contribution in [1.82, 2.24) is 5.32 Å². The molecule has 2 aromatic rings. The zero-order valence-electron chi connectivity index (χ0n) is 14.5. The molecule has 2 aromatic carbocycles. The number of aryl methyl sites for hydroxylation is 1. The number of hydrogen-bond donors (Lipinski definition) is 1. The van der Waals surface area contributed by atoms with Crippen LogP contribution in [-0.2, 0) is 11.2 Å². The Balaban J connectivity index is 0.00000288. The summed E-state index contributed by atoms with van der Waals surface area (Å²) >= 11 is 0. The summed E-state index contributed by atoms with van der Waals surface area (Å²) in [6, 6.07) is 18.0. The Morgan fingerprint density at radius 1 is 0.958 bits per heavy atom. The molecule has 2 rings (SSSR count). The summed E-state index contributed by atoms with van der Waals surface area (Å²) < 4.78 is 0. The van der Waals surface area contributed by atoms with Gasteiger partial charge in [0.05, 0.1) is 6.54 Å².